The zero-order valence-corrected chi connectivity index (χ0v) is 13.5. The normalized spacial score (nSPS) is 18.0. The van der Waals surface area contributed by atoms with Gasteiger partial charge in [-0.15, -0.1) is 0 Å². The van der Waals surface area contributed by atoms with E-state index in [1.807, 2.05) is 4.90 Å². The molecule has 1 atom stereocenters. The van der Waals surface area contributed by atoms with Gasteiger partial charge < -0.3 is 10.0 Å². The number of aryl methyl sites for hydroxylation is 1. The van der Waals surface area contributed by atoms with Crippen molar-refractivity contribution in [3.05, 3.63) is 29.1 Å². The van der Waals surface area contributed by atoms with Crippen molar-refractivity contribution in [2.75, 3.05) is 6.54 Å². The summed E-state index contributed by atoms with van der Waals surface area (Å²) in [6, 6.07) is 3.28. The minimum atomic E-state index is -1.01. The maximum absolute atomic E-state index is 12.7. The van der Waals surface area contributed by atoms with Gasteiger partial charge in [0.05, 0.1) is 11.3 Å². The number of amides is 1. The van der Waals surface area contributed by atoms with Gasteiger partial charge in [0.15, 0.2) is 0 Å². The smallest absolute Gasteiger partial charge is 0.337 e. The topological polar surface area (TPSA) is 70.5 Å². The number of carboxylic acid groups (broad SMARTS) is 1. The Balaban J connectivity index is 2.13. The van der Waals surface area contributed by atoms with Crippen LogP contribution in [-0.2, 0) is 0 Å². The number of pyridine rings is 1. The summed E-state index contributed by atoms with van der Waals surface area (Å²) >= 11 is 0. The first kappa shape index (κ1) is 16.5. The van der Waals surface area contributed by atoms with Gasteiger partial charge in [0.25, 0.3) is 5.91 Å². The van der Waals surface area contributed by atoms with Crippen molar-refractivity contribution in [3.63, 3.8) is 0 Å². The lowest BCUT2D eigenvalue weighted by Crippen LogP contribution is -2.36. The third kappa shape index (κ3) is 3.64. The monoisotopic (exact) mass is 304 g/mol. The van der Waals surface area contributed by atoms with Crippen LogP contribution in [0.15, 0.2) is 12.1 Å². The highest BCUT2D eigenvalue weighted by Crippen LogP contribution is 2.25. The van der Waals surface area contributed by atoms with Crippen molar-refractivity contribution in [1.29, 1.82) is 0 Å². The molecular formula is C17H24N2O3. The lowest BCUT2D eigenvalue weighted by atomic mass is 10.0. The number of hydrogen-bond donors (Lipinski definition) is 1. The second kappa shape index (κ2) is 6.90. The highest BCUT2D eigenvalue weighted by atomic mass is 16.4. The van der Waals surface area contributed by atoms with E-state index in [1.165, 1.54) is 12.1 Å². The predicted octanol–water partition coefficient (Wildman–Crippen LogP) is 3.13. The van der Waals surface area contributed by atoms with E-state index in [-0.39, 0.29) is 17.5 Å². The number of nitrogens with zero attached hydrogens (tertiary/aromatic N) is 2. The van der Waals surface area contributed by atoms with E-state index >= 15 is 0 Å². The first-order valence-corrected chi connectivity index (χ1v) is 7.92. The van der Waals surface area contributed by atoms with Gasteiger partial charge in [-0.1, -0.05) is 13.8 Å². The molecule has 1 aromatic heterocycles. The molecular weight excluding hydrogens is 280 g/mol. The molecule has 2 rings (SSSR count). The quantitative estimate of drug-likeness (QED) is 0.907. The molecule has 22 heavy (non-hydrogen) atoms. The summed E-state index contributed by atoms with van der Waals surface area (Å²) in [5, 5.41) is 9.04. The first-order valence-electron chi connectivity index (χ1n) is 7.92. The Morgan fingerprint density at radius 2 is 2.14 bits per heavy atom. The van der Waals surface area contributed by atoms with Crippen molar-refractivity contribution in [2.45, 2.75) is 52.5 Å². The standard InChI is InChI=1S/C17H24N2O3/c1-11(2)6-7-13-5-4-10-19(13)16(20)15-9-8-14(17(21)22)12(3)18-15/h8-9,11,13H,4-7,10H2,1-3H3,(H,21,22). The molecule has 5 nitrogen and oxygen atoms in total. The summed E-state index contributed by atoms with van der Waals surface area (Å²) in [4.78, 5) is 29.8. The number of aromatic nitrogens is 1. The van der Waals surface area contributed by atoms with Gasteiger partial charge >= 0.3 is 5.97 Å². The van der Waals surface area contributed by atoms with Gasteiger partial charge in [-0.05, 0) is 50.7 Å². The average Bonchev–Trinajstić information content (AvgIpc) is 2.92. The molecule has 1 N–H and O–H groups in total. The van der Waals surface area contributed by atoms with Crippen LogP contribution in [-0.4, -0.2) is 39.5 Å². The SMILES string of the molecule is Cc1nc(C(=O)N2CCCC2CCC(C)C)ccc1C(=O)O. The molecule has 120 valence electrons. The number of carbonyl (C=O) groups is 2. The minimum absolute atomic E-state index is 0.0775. The fraction of sp³-hybridized carbons (Fsp3) is 0.588. The van der Waals surface area contributed by atoms with Gasteiger partial charge in [-0.25, -0.2) is 9.78 Å². The van der Waals surface area contributed by atoms with Crippen LogP contribution in [0.3, 0.4) is 0 Å². The molecule has 1 aliphatic heterocycles. The van der Waals surface area contributed by atoms with Crippen LogP contribution in [0.1, 0.15) is 66.1 Å². The molecule has 1 saturated heterocycles. The van der Waals surface area contributed by atoms with Crippen LogP contribution in [0.2, 0.25) is 0 Å². The van der Waals surface area contributed by atoms with E-state index in [9.17, 15) is 9.59 Å². The van der Waals surface area contributed by atoms with Crippen molar-refractivity contribution in [1.82, 2.24) is 9.88 Å². The number of hydrogen-bond acceptors (Lipinski definition) is 3. The Bertz CT molecular complexity index is 569. The number of rotatable bonds is 5. The summed E-state index contributed by atoms with van der Waals surface area (Å²) in [6.45, 7) is 6.77. The zero-order chi connectivity index (χ0) is 16.3. The van der Waals surface area contributed by atoms with Gasteiger partial charge in [-0.2, -0.15) is 0 Å². The highest BCUT2D eigenvalue weighted by Gasteiger charge is 2.30. The summed E-state index contributed by atoms with van der Waals surface area (Å²) in [6.07, 6.45) is 4.21. The molecule has 0 aliphatic carbocycles. The van der Waals surface area contributed by atoms with E-state index in [4.69, 9.17) is 5.11 Å². The Hall–Kier alpha value is -1.91. The first-order chi connectivity index (χ1) is 10.4. The second-order valence-electron chi connectivity index (χ2n) is 6.40. The number of carbonyl (C=O) groups excluding carboxylic acids is 1. The van der Waals surface area contributed by atoms with Crippen LogP contribution < -0.4 is 0 Å². The molecule has 1 aliphatic rings. The highest BCUT2D eigenvalue weighted by molar-refractivity contribution is 5.94. The summed E-state index contributed by atoms with van der Waals surface area (Å²) in [7, 11) is 0. The Morgan fingerprint density at radius 1 is 1.41 bits per heavy atom. The predicted molar refractivity (Wildman–Crippen MR) is 84.1 cm³/mol. The Kier molecular flexibility index (Phi) is 5.16. The lowest BCUT2D eigenvalue weighted by Gasteiger charge is -2.25. The molecule has 1 amide bonds. The van der Waals surface area contributed by atoms with Crippen molar-refractivity contribution in [3.8, 4) is 0 Å². The van der Waals surface area contributed by atoms with Gasteiger partial charge in [0.2, 0.25) is 0 Å². The van der Waals surface area contributed by atoms with E-state index in [1.54, 1.807) is 6.92 Å². The average molecular weight is 304 g/mol. The van der Waals surface area contributed by atoms with Crippen molar-refractivity contribution >= 4 is 11.9 Å². The van der Waals surface area contributed by atoms with Crippen LogP contribution in [0.25, 0.3) is 0 Å². The van der Waals surface area contributed by atoms with Crippen LogP contribution in [0.4, 0.5) is 0 Å². The molecule has 1 unspecified atom stereocenters. The number of likely N-dealkylation sites (tertiary alicyclic amines) is 1. The number of carboxylic acids is 1. The lowest BCUT2D eigenvalue weighted by molar-refractivity contribution is 0.0687. The fourth-order valence-corrected chi connectivity index (χ4v) is 2.98. The Morgan fingerprint density at radius 3 is 2.73 bits per heavy atom. The molecule has 1 fully saturated rings. The van der Waals surface area contributed by atoms with Crippen molar-refractivity contribution < 1.29 is 14.7 Å². The minimum Gasteiger partial charge on any atom is -0.478 e. The van der Waals surface area contributed by atoms with E-state index < -0.39 is 5.97 Å². The van der Waals surface area contributed by atoms with E-state index in [0.717, 1.165) is 32.2 Å². The molecule has 0 radical (unpaired) electrons. The van der Waals surface area contributed by atoms with Gasteiger partial charge in [0.1, 0.15) is 5.69 Å². The maximum atomic E-state index is 12.7. The maximum Gasteiger partial charge on any atom is 0.337 e. The molecule has 5 heteroatoms. The van der Waals surface area contributed by atoms with Gasteiger partial charge in [0, 0.05) is 12.6 Å². The van der Waals surface area contributed by atoms with Gasteiger partial charge in [-0.3, -0.25) is 4.79 Å². The third-order valence-electron chi connectivity index (χ3n) is 4.25. The number of aromatic carboxylic acids is 1. The second-order valence-corrected chi connectivity index (χ2v) is 6.40. The molecule has 0 aromatic carbocycles. The molecule has 0 spiro atoms. The Labute approximate surface area is 131 Å². The van der Waals surface area contributed by atoms with Crippen molar-refractivity contribution in [2.24, 2.45) is 5.92 Å². The summed E-state index contributed by atoms with van der Waals surface area (Å²) in [5.74, 6) is -0.459. The van der Waals surface area contributed by atoms with Crippen LogP contribution in [0.5, 0.6) is 0 Å². The third-order valence-corrected chi connectivity index (χ3v) is 4.25. The summed E-state index contributed by atoms with van der Waals surface area (Å²) in [5.41, 5.74) is 0.879. The van der Waals surface area contributed by atoms with Crippen LogP contribution >= 0.6 is 0 Å². The molecule has 1 aromatic rings. The molecule has 0 bridgehead atoms. The largest absolute Gasteiger partial charge is 0.478 e. The zero-order valence-electron chi connectivity index (χ0n) is 13.5. The summed E-state index contributed by atoms with van der Waals surface area (Å²) < 4.78 is 0. The molecule has 2 heterocycles. The van der Waals surface area contributed by atoms with E-state index in [0.29, 0.717) is 17.3 Å². The van der Waals surface area contributed by atoms with E-state index in [2.05, 4.69) is 18.8 Å². The molecule has 0 saturated carbocycles. The van der Waals surface area contributed by atoms with Crippen LogP contribution in [0, 0.1) is 12.8 Å². The fourth-order valence-electron chi connectivity index (χ4n) is 2.98.